The summed E-state index contributed by atoms with van der Waals surface area (Å²) in [6.45, 7) is 3.90. The molecule has 1 fully saturated rings. The largest absolute Gasteiger partial charge is 0.441 e. The molecule has 30 heavy (non-hydrogen) atoms. The summed E-state index contributed by atoms with van der Waals surface area (Å²) in [6, 6.07) is 18.0. The van der Waals surface area contributed by atoms with E-state index in [1.54, 1.807) is 0 Å². The van der Waals surface area contributed by atoms with Gasteiger partial charge in [0.05, 0.1) is 5.69 Å². The quantitative estimate of drug-likeness (QED) is 0.648. The SMILES string of the molecule is CC(=CCC1OC(=O)NC1=O)c1cccc(Cc2nc(-c3ccccc3)oc2C)c1. The predicted octanol–water partition coefficient (Wildman–Crippen LogP) is 4.67. The van der Waals surface area contributed by atoms with E-state index in [4.69, 9.17) is 9.15 Å². The summed E-state index contributed by atoms with van der Waals surface area (Å²) in [5.41, 5.74) is 5.02. The lowest BCUT2D eigenvalue weighted by Crippen LogP contribution is -2.23. The summed E-state index contributed by atoms with van der Waals surface area (Å²) in [7, 11) is 0. The molecule has 3 aromatic rings. The summed E-state index contributed by atoms with van der Waals surface area (Å²) < 4.78 is 10.8. The van der Waals surface area contributed by atoms with Crippen molar-refractivity contribution in [3.05, 3.63) is 83.3 Å². The van der Waals surface area contributed by atoms with E-state index in [2.05, 4.69) is 22.4 Å². The van der Waals surface area contributed by atoms with Crippen LogP contribution < -0.4 is 5.32 Å². The number of ether oxygens (including phenoxy) is 1. The molecule has 2 aromatic carbocycles. The molecule has 1 aliphatic heterocycles. The molecular weight excluding hydrogens is 380 g/mol. The molecule has 2 amide bonds. The molecule has 0 aliphatic carbocycles. The fraction of sp³-hybridized carbons (Fsp3) is 0.208. The molecule has 1 saturated heterocycles. The molecule has 0 spiro atoms. The van der Waals surface area contributed by atoms with E-state index in [-0.39, 0.29) is 0 Å². The summed E-state index contributed by atoms with van der Waals surface area (Å²) in [5.74, 6) is 1.04. The first kappa shape index (κ1) is 19.6. The van der Waals surface area contributed by atoms with E-state index in [1.165, 1.54) is 0 Å². The van der Waals surface area contributed by atoms with Gasteiger partial charge in [-0.3, -0.25) is 10.1 Å². The first-order chi connectivity index (χ1) is 14.5. The molecule has 1 atom stereocenters. The minimum absolute atomic E-state index is 0.344. The normalized spacial score (nSPS) is 16.5. The van der Waals surface area contributed by atoms with Gasteiger partial charge in [-0.05, 0) is 42.7 Å². The van der Waals surface area contributed by atoms with Crippen LogP contribution in [0.5, 0.6) is 0 Å². The lowest BCUT2D eigenvalue weighted by molar-refractivity contribution is -0.123. The fourth-order valence-corrected chi connectivity index (χ4v) is 3.37. The van der Waals surface area contributed by atoms with Gasteiger partial charge in [0.25, 0.3) is 5.91 Å². The molecule has 1 aliphatic rings. The zero-order valence-electron chi connectivity index (χ0n) is 16.8. The number of oxazole rings is 1. The number of benzene rings is 2. The molecule has 0 saturated carbocycles. The molecule has 4 rings (SSSR count). The maximum Gasteiger partial charge on any atom is 0.414 e. The number of amides is 2. The van der Waals surface area contributed by atoms with Crippen molar-refractivity contribution in [1.82, 2.24) is 10.3 Å². The Labute approximate surface area is 174 Å². The van der Waals surface area contributed by atoms with Gasteiger partial charge in [0.15, 0.2) is 6.10 Å². The van der Waals surface area contributed by atoms with Crippen molar-refractivity contribution < 1.29 is 18.7 Å². The number of hydrogen-bond donors (Lipinski definition) is 1. The highest BCUT2D eigenvalue weighted by atomic mass is 16.6. The zero-order chi connectivity index (χ0) is 21.1. The number of carbonyl (C=O) groups excluding carboxylic acids is 2. The zero-order valence-corrected chi connectivity index (χ0v) is 16.8. The van der Waals surface area contributed by atoms with Crippen molar-refractivity contribution in [2.45, 2.75) is 32.8 Å². The van der Waals surface area contributed by atoms with Gasteiger partial charge in [-0.1, -0.05) is 48.5 Å². The molecule has 1 unspecified atom stereocenters. The van der Waals surface area contributed by atoms with Gasteiger partial charge in [0.1, 0.15) is 5.76 Å². The molecule has 0 radical (unpaired) electrons. The van der Waals surface area contributed by atoms with Crippen molar-refractivity contribution >= 4 is 17.6 Å². The van der Waals surface area contributed by atoms with Crippen molar-refractivity contribution in [3.8, 4) is 11.5 Å². The number of alkyl carbamates (subject to hydrolysis) is 1. The van der Waals surface area contributed by atoms with Crippen molar-refractivity contribution in [1.29, 1.82) is 0 Å². The van der Waals surface area contributed by atoms with Crippen molar-refractivity contribution in [2.24, 2.45) is 0 Å². The van der Waals surface area contributed by atoms with Gasteiger partial charge in [-0.2, -0.15) is 0 Å². The first-order valence-electron chi connectivity index (χ1n) is 9.79. The number of nitrogens with zero attached hydrogens (tertiary/aromatic N) is 1. The molecular formula is C24H22N2O4. The smallest absolute Gasteiger partial charge is 0.414 e. The third-order valence-corrected chi connectivity index (χ3v) is 5.07. The third-order valence-electron chi connectivity index (χ3n) is 5.07. The van der Waals surface area contributed by atoms with Crippen LogP contribution in [0.2, 0.25) is 0 Å². The number of aromatic nitrogens is 1. The van der Waals surface area contributed by atoms with Gasteiger partial charge >= 0.3 is 6.09 Å². The van der Waals surface area contributed by atoms with Crippen LogP contribution in [-0.2, 0) is 16.0 Å². The molecule has 6 nitrogen and oxygen atoms in total. The van der Waals surface area contributed by atoms with Gasteiger partial charge < -0.3 is 9.15 Å². The lowest BCUT2D eigenvalue weighted by atomic mass is 10.0. The van der Waals surface area contributed by atoms with E-state index in [0.29, 0.717) is 18.7 Å². The van der Waals surface area contributed by atoms with E-state index in [1.807, 2.05) is 62.4 Å². The number of rotatable bonds is 6. The number of nitrogens with one attached hydrogen (secondary N) is 1. The van der Waals surface area contributed by atoms with Gasteiger partial charge in [-0.15, -0.1) is 0 Å². The number of allylic oxidation sites excluding steroid dienone is 1. The average molecular weight is 402 g/mol. The van der Waals surface area contributed by atoms with Crippen LogP contribution in [0.25, 0.3) is 17.0 Å². The third kappa shape index (κ3) is 4.33. The maximum atomic E-state index is 11.6. The summed E-state index contributed by atoms with van der Waals surface area (Å²) >= 11 is 0. The molecule has 6 heteroatoms. The maximum absolute atomic E-state index is 11.6. The summed E-state index contributed by atoms with van der Waals surface area (Å²) in [5, 5.41) is 2.14. The van der Waals surface area contributed by atoms with Crippen LogP contribution in [0, 0.1) is 6.92 Å². The highest BCUT2D eigenvalue weighted by molar-refractivity contribution is 6.00. The molecule has 152 valence electrons. The predicted molar refractivity (Wildman–Crippen MR) is 113 cm³/mol. The highest BCUT2D eigenvalue weighted by Gasteiger charge is 2.30. The van der Waals surface area contributed by atoms with Crippen LogP contribution in [0.4, 0.5) is 4.79 Å². The molecule has 1 N–H and O–H groups in total. The Bertz CT molecular complexity index is 1120. The van der Waals surface area contributed by atoms with Crippen molar-refractivity contribution in [2.75, 3.05) is 0 Å². The Morgan fingerprint density at radius 3 is 2.67 bits per heavy atom. The Morgan fingerprint density at radius 2 is 1.93 bits per heavy atom. The minimum atomic E-state index is -0.759. The number of imide groups is 1. The summed E-state index contributed by atoms with van der Waals surface area (Å²) in [4.78, 5) is 27.4. The Morgan fingerprint density at radius 1 is 1.13 bits per heavy atom. The Balaban J connectivity index is 1.49. The van der Waals surface area contributed by atoms with Crippen LogP contribution in [0.3, 0.4) is 0 Å². The van der Waals surface area contributed by atoms with Gasteiger partial charge in [0.2, 0.25) is 5.89 Å². The molecule has 0 bridgehead atoms. The standard InChI is InChI=1S/C24H22N2O4/c1-15(11-12-21-22(27)26-24(28)30-21)19-10-6-7-17(13-19)14-20-16(2)29-23(25-20)18-8-4-3-5-9-18/h3-11,13,21H,12,14H2,1-2H3,(H,26,27,28). The van der Waals surface area contributed by atoms with E-state index in [9.17, 15) is 9.59 Å². The Kier molecular flexibility index (Phi) is 5.48. The topological polar surface area (TPSA) is 81.4 Å². The first-order valence-corrected chi connectivity index (χ1v) is 9.79. The average Bonchev–Trinajstić information content (AvgIpc) is 3.28. The molecule has 2 heterocycles. The van der Waals surface area contributed by atoms with Crippen LogP contribution >= 0.6 is 0 Å². The number of aryl methyl sites for hydroxylation is 1. The van der Waals surface area contributed by atoms with E-state index in [0.717, 1.165) is 33.7 Å². The van der Waals surface area contributed by atoms with Gasteiger partial charge in [-0.25, -0.2) is 9.78 Å². The number of hydrogen-bond acceptors (Lipinski definition) is 5. The van der Waals surface area contributed by atoms with E-state index < -0.39 is 18.1 Å². The Hall–Kier alpha value is -3.67. The second kappa shape index (κ2) is 8.37. The second-order valence-electron chi connectivity index (χ2n) is 7.27. The second-order valence-corrected chi connectivity index (χ2v) is 7.27. The van der Waals surface area contributed by atoms with E-state index >= 15 is 0 Å². The summed E-state index contributed by atoms with van der Waals surface area (Å²) in [6.07, 6.45) is 1.47. The highest BCUT2D eigenvalue weighted by Crippen LogP contribution is 2.24. The lowest BCUT2D eigenvalue weighted by Gasteiger charge is -2.07. The number of carbonyl (C=O) groups is 2. The van der Waals surface area contributed by atoms with Crippen LogP contribution in [-0.4, -0.2) is 23.1 Å². The number of cyclic esters (lactones) is 1. The molecule has 1 aromatic heterocycles. The van der Waals surface area contributed by atoms with Gasteiger partial charge in [0, 0.05) is 18.4 Å². The fourth-order valence-electron chi connectivity index (χ4n) is 3.37. The van der Waals surface area contributed by atoms with Crippen LogP contribution in [0.15, 0.2) is 65.1 Å². The monoisotopic (exact) mass is 402 g/mol. The minimum Gasteiger partial charge on any atom is -0.441 e. The van der Waals surface area contributed by atoms with Crippen molar-refractivity contribution in [3.63, 3.8) is 0 Å². The van der Waals surface area contributed by atoms with Crippen LogP contribution in [0.1, 0.15) is 35.9 Å².